The quantitative estimate of drug-likeness (QED) is 0.121. The minimum Gasteiger partial charge on any atom is -0.543 e. The number of carbonyl (C=O) groups is 3. The molecule has 1 saturated heterocycles. The first-order chi connectivity index (χ1) is 20.6. The van der Waals surface area contributed by atoms with E-state index in [1.165, 1.54) is 52.3 Å². The van der Waals surface area contributed by atoms with E-state index in [9.17, 15) is 29.7 Å². The number of halogens is 2. The first kappa shape index (κ1) is 31.4. The summed E-state index contributed by atoms with van der Waals surface area (Å²) in [5, 5.41) is 34.4. The minimum absolute atomic E-state index is 0.0176. The number of aromatic hydroxyl groups is 2. The zero-order chi connectivity index (χ0) is 30.7. The Morgan fingerprint density at radius 2 is 1.84 bits per heavy atom. The molecule has 2 amide bonds. The third-order valence-electron chi connectivity index (χ3n) is 6.78. The molecule has 3 N–H and O–H groups in total. The summed E-state index contributed by atoms with van der Waals surface area (Å²) < 4.78 is 1.98. The second-order valence-electron chi connectivity index (χ2n) is 9.69. The van der Waals surface area contributed by atoms with Gasteiger partial charge in [-0.25, -0.2) is 4.57 Å². The number of aliphatic carboxylic acids is 1. The number of rotatable bonds is 11. The molecule has 3 heterocycles. The molecule has 3 aromatic rings. The van der Waals surface area contributed by atoms with E-state index in [1.54, 1.807) is 24.3 Å². The second kappa shape index (κ2) is 13.7. The zero-order valence-electron chi connectivity index (χ0n) is 22.4. The van der Waals surface area contributed by atoms with Crippen molar-refractivity contribution in [2.75, 3.05) is 17.3 Å². The SMILES string of the molecule is O=C(CSc1cc(Cl)ccc1Cl)N[C@@H]1C(=O)N2C(C(=O)[O-])=C(CSc3cc[n+](CCc4ccc(O)c(O)c4)cc3)CS[C@H]12. The molecule has 2 atom stereocenters. The molecule has 2 aliphatic heterocycles. The van der Waals surface area contributed by atoms with Crippen molar-refractivity contribution >= 4 is 76.3 Å². The Hall–Kier alpha value is -3.03. The lowest BCUT2D eigenvalue weighted by atomic mass is 10.0. The molecule has 0 spiro atoms. The molecule has 224 valence electrons. The molecule has 1 fully saturated rings. The Morgan fingerprint density at radius 3 is 2.56 bits per heavy atom. The standard InChI is InChI=1S/C29H25Cl2N3O6S3/c30-18-2-3-20(31)23(12-18)42-15-24(37)32-25-27(38)34-26(29(39)40)17(14-43-28(25)34)13-41-19-6-9-33(10-7-19)8-5-16-1-4-21(35)22(36)11-16/h1-4,6-7,9-12,25,28H,5,8,13-15H2,(H3-,32,35,36,37,39,40)/t25-,28-/m1/s1. The van der Waals surface area contributed by atoms with E-state index < -0.39 is 23.3 Å². The van der Waals surface area contributed by atoms with Crippen molar-refractivity contribution in [3.63, 3.8) is 0 Å². The van der Waals surface area contributed by atoms with E-state index in [0.29, 0.717) is 45.0 Å². The van der Waals surface area contributed by atoms with Gasteiger partial charge < -0.3 is 25.4 Å². The third-order valence-corrected chi connectivity index (χ3v) is 11.0. The van der Waals surface area contributed by atoms with Crippen LogP contribution in [-0.4, -0.2) is 61.6 Å². The second-order valence-corrected chi connectivity index (χ2v) is 13.7. The third kappa shape index (κ3) is 7.38. The number of fused-ring (bicyclic) bond motifs is 1. The average molecular weight is 679 g/mol. The Labute approximate surface area is 270 Å². The Kier molecular flexibility index (Phi) is 10.0. The fourth-order valence-corrected chi connectivity index (χ4v) is 8.24. The molecular weight excluding hydrogens is 653 g/mol. The number of aromatic nitrogens is 1. The number of carboxylic acid groups (broad SMARTS) is 1. The smallest absolute Gasteiger partial charge is 0.253 e. The van der Waals surface area contributed by atoms with Crippen LogP contribution in [0.3, 0.4) is 0 Å². The number of benzene rings is 2. The van der Waals surface area contributed by atoms with Gasteiger partial charge in [0, 0.05) is 44.9 Å². The van der Waals surface area contributed by atoms with E-state index in [4.69, 9.17) is 23.2 Å². The van der Waals surface area contributed by atoms with Crippen LogP contribution in [0.2, 0.25) is 10.0 Å². The summed E-state index contributed by atoms with van der Waals surface area (Å²) in [6.45, 7) is 0.662. The zero-order valence-corrected chi connectivity index (χ0v) is 26.3. The van der Waals surface area contributed by atoms with Crippen LogP contribution >= 0.6 is 58.5 Å². The Morgan fingerprint density at radius 1 is 1.07 bits per heavy atom. The fourth-order valence-electron chi connectivity index (χ4n) is 4.57. The molecule has 2 aromatic carbocycles. The number of amides is 2. The summed E-state index contributed by atoms with van der Waals surface area (Å²) in [4.78, 5) is 40.4. The van der Waals surface area contributed by atoms with E-state index in [2.05, 4.69) is 5.32 Å². The van der Waals surface area contributed by atoms with Crippen molar-refractivity contribution in [1.29, 1.82) is 0 Å². The predicted octanol–water partition coefficient (Wildman–Crippen LogP) is 3.22. The van der Waals surface area contributed by atoms with Crippen LogP contribution in [0.25, 0.3) is 0 Å². The van der Waals surface area contributed by atoms with Crippen molar-refractivity contribution in [3.8, 4) is 11.5 Å². The summed E-state index contributed by atoms with van der Waals surface area (Å²) in [6, 6.07) is 12.7. The van der Waals surface area contributed by atoms with Crippen molar-refractivity contribution in [2.45, 2.75) is 34.2 Å². The average Bonchev–Trinajstić information content (AvgIpc) is 2.99. The van der Waals surface area contributed by atoms with E-state index in [-0.39, 0.29) is 28.9 Å². The van der Waals surface area contributed by atoms with Crippen molar-refractivity contribution in [1.82, 2.24) is 10.2 Å². The van der Waals surface area contributed by atoms with Gasteiger partial charge in [0.05, 0.1) is 22.4 Å². The highest BCUT2D eigenvalue weighted by molar-refractivity contribution is 8.01. The van der Waals surface area contributed by atoms with Crippen LogP contribution in [0.5, 0.6) is 11.5 Å². The van der Waals surface area contributed by atoms with Gasteiger partial charge in [-0.2, -0.15) is 0 Å². The number of carbonyl (C=O) groups excluding carboxylic acids is 3. The number of hydrogen-bond donors (Lipinski definition) is 3. The predicted molar refractivity (Wildman–Crippen MR) is 165 cm³/mol. The Balaban J connectivity index is 1.15. The molecule has 1 aromatic heterocycles. The monoisotopic (exact) mass is 677 g/mol. The minimum atomic E-state index is -1.42. The summed E-state index contributed by atoms with van der Waals surface area (Å²) in [6.07, 6.45) is 4.48. The van der Waals surface area contributed by atoms with Gasteiger partial charge in [0.1, 0.15) is 11.4 Å². The first-order valence-electron chi connectivity index (χ1n) is 13.0. The van der Waals surface area contributed by atoms with Gasteiger partial charge in [0.2, 0.25) is 5.91 Å². The number of nitrogens with one attached hydrogen (secondary N) is 1. The molecule has 0 bridgehead atoms. The first-order valence-corrected chi connectivity index (χ1v) is 16.8. The molecule has 43 heavy (non-hydrogen) atoms. The number of carboxylic acids is 1. The largest absolute Gasteiger partial charge is 0.543 e. The maximum absolute atomic E-state index is 13.0. The van der Waals surface area contributed by atoms with E-state index >= 15 is 0 Å². The number of pyridine rings is 1. The van der Waals surface area contributed by atoms with Crippen LogP contribution in [-0.2, 0) is 27.3 Å². The highest BCUT2D eigenvalue weighted by atomic mass is 35.5. The van der Waals surface area contributed by atoms with Gasteiger partial charge in [-0.05, 0) is 41.5 Å². The van der Waals surface area contributed by atoms with Crippen molar-refractivity contribution < 1.29 is 34.3 Å². The topological polar surface area (TPSA) is 134 Å². The maximum atomic E-state index is 13.0. The van der Waals surface area contributed by atoms with Crippen LogP contribution in [0.4, 0.5) is 0 Å². The fraction of sp³-hybridized carbons (Fsp3) is 0.241. The number of β-lactam (4-membered cyclic amide) rings is 1. The van der Waals surface area contributed by atoms with Gasteiger partial charge in [0.15, 0.2) is 30.4 Å². The molecule has 2 aliphatic rings. The molecule has 0 radical (unpaired) electrons. The molecule has 5 rings (SSSR count). The van der Waals surface area contributed by atoms with Crippen LogP contribution in [0.1, 0.15) is 5.56 Å². The van der Waals surface area contributed by atoms with Gasteiger partial charge >= 0.3 is 0 Å². The lowest BCUT2D eigenvalue weighted by Gasteiger charge is -2.50. The highest BCUT2D eigenvalue weighted by Crippen LogP contribution is 2.41. The maximum Gasteiger partial charge on any atom is 0.253 e. The Bertz CT molecular complexity index is 1600. The normalized spacial score (nSPS) is 17.8. The van der Waals surface area contributed by atoms with Crippen LogP contribution < -0.4 is 15.0 Å². The summed E-state index contributed by atoms with van der Waals surface area (Å²) >= 11 is 16.2. The lowest BCUT2D eigenvalue weighted by Crippen LogP contribution is -2.71. The summed E-state index contributed by atoms with van der Waals surface area (Å²) in [5.74, 6) is -1.82. The van der Waals surface area contributed by atoms with Crippen molar-refractivity contribution in [3.05, 3.63) is 87.8 Å². The highest BCUT2D eigenvalue weighted by Gasteiger charge is 2.52. The van der Waals surface area contributed by atoms with Crippen molar-refractivity contribution in [2.24, 2.45) is 0 Å². The van der Waals surface area contributed by atoms with Crippen LogP contribution in [0.15, 0.2) is 82.0 Å². The number of aryl methyl sites for hydroxylation is 2. The molecule has 0 aliphatic carbocycles. The van der Waals surface area contributed by atoms with Crippen LogP contribution in [0, 0.1) is 0 Å². The van der Waals surface area contributed by atoms with Gasteiger partial charge in [-0.15, -0.1) is 35.3 Å². The number of phenolic OH excluding ortho intramolecular Hbond substituents is 2. The summed E-state index contributed by atoms with van der Waals surface area (Å²) in [5.41, 5.74) is 1.34. The number of nitrogens with zero attached hydrogens (tertiary/aromatic N) is 2. The number of phenols is 2. The number of hydrogen-bond acceptors (Lipinski definition) is 9. The summed E-state index contributed by atoms with van der Waals surface area (Å²) in [7, 11) is 0. The number of thioether (sulfide) groups is 3. The van der Waals surface area contributed by atoms with Gasteiger partial charge in [0.25, 0.3) is 5.91 Å². The van der Waals surface area contributed by atoms with Gasteiger partial charge in [-0.3, -0.25) is 14.5 Å². The van der Waals surface area contributed by atoms with Gasteiger partial charge in [-0.1, -0.05) is 29.3 Å². The molecule has 0 saturated carbocycles. The van der Waals surface area contributed by atoms with E-state index in [0.717, 1.165) is 10.5 Å². The lowest BCUT2D eigenvalue weighted by molar-refractivity contribution is -0.696. The van der Waals surface area contributed by atoms with E-state index in [1.807, 2.05) is 29.1 Å². The molecular formula is C29H25Cl2N3O6S3. The molecule has 14 heteroatoms. The molecule has 9 nitrogen and oxygen atoms in total. The molecule has 0 unspecified atom stereocenters.